The maximum Gasteiger partial charge on any atom is 0.0950 e. The Morgan fingerprint density at radius 1 is 0.286 bits per heavy atom. The highest BCUT2D eigenvalue weighted by atomic mass is 15.2. The van der Waals surface area contributed by atoms with E-state index in [1.807, 2.05) is 0 Å². The fourth-order valence-corrected chi connectivity index (χ4v) is 11.5. The summed E-state index contributed by atoms with van der Waals surface area (Å²) in [6.07, 6.45) is 0. The molecule has 0 bridgehead atoms. The lowest BCUT2D eigenvalue weighted by Gasteiger charge is -2.42. The first-order chi connectivity index (χ1) is 34.2. The third-order valence-electron chi connectivity index (χ3n) is 15.2. The summed E-state index contributed by atoms with van der Waals surface area (Å²) in [5, 5.41) is 2.16. The minimum atomic E-state index is -0.208. The number of pyridine rings is 1. The van der Waals surface area contributed by atoms with Crippen LogP contribution in [0.4, 0.5) is 34.1 Å². The van der Waals surface area contributed by atoms with E-state index in [-0.39, 0.29) is 10.8 Å². The van der Waals surface area contributed by atoms with Gasteiger partial charge in [0.15, 0.2) is 0 Å². The topological polar surface area (TPSA) is 19.4 Å². The number of fused-ring (bicyclic) bond motifs is 6. The Hall–Kier alpha value is -8.53. The van der Waals surface area contributed by atoms with Gasteiger partial charge < -0.3 is 9.80 Å². The normalized spacial score (nSPS) is 14.2. The maximum absolute atomic E-state index is 5.90. The van der Waals surface area contributed by atoms with Gasteiger partial charge in [0.05, 0.1) is 45.2 Å². The molecule has 3 nitrogen and oxygen atoms in total. The second-order valence-corrected chi connectivity index (χ2v) is 20.0. The number of anilines is 6. The fraction of sp³-hybridized carbons (Fsp3) is 0.0896. The molecule has 0 unspecified atom stereocenters. The highest BCUT2D eigenvalue weighted by molar-refractivity contribution is 6.10. The van der Waals surface area contributed by atoms with Crippen LogP contribution in [0, 0.1) is 0 Å². The van der Waals surface area contributed by atoms with Gasteiger partial charge in [-0.1, -0.05) is 210 Å². The number of aromatic nitrogens is 1. The molecule has 0 saturated heterocycles. The smallest absolute Gasteiger partial charge is 0.0950 e. The molecule has 3 heteroatoms. The SMILES string of the molecule is CC1(C)c2ccccc2N(c2cc(-c3ccc(-c4ccccc4)cc3)cc3nc4c(N5c6ccccc6C(C)(C)c6ccccc65)cc(-c5ccc(-c6ccccc6)cc5)cc4cc23)c2ccccc21. The number of rotatable bonds is 6. The van der Waals surface area contributed by atoms with Gasteiger partial charge in [-0.25, -0.2) is 4.98 Å². The third kappa shape index (κ3) is 6.60. The van der Waals surface area contributed by atoms with Crippen LogP contribution in [0.25, 0.3) is 66.3 Å². The van der Waals surface area contributed by atoms with Gasteiger partial charge >= 0.3 is 0 Å². The largest absolute Gasteiger partial charge is 0.309 e. The zero-order chi connectivity index (χ0) is 47.1. The molecule has 13 rings (SSSR count). The van der Waals surface area contributed by atoms with Gasteiger partial charge in [0.2, 0.25) is 0 Å². The second kappa shape index (κ2) is 16.0. The monoisotopic (exact) mass is 897 g/mol. The first-order valence-corrected chi connectivity index (χ1v) is 24.4. The third-order valence-corrected chi connectivity index (χ3v) is 15.2. The van der Waals surface area contributed by atoms with E-state index in [9.17, 15) is 0 Å². The van der Waals surface area contributed by atoms with Gasteiger partial charge in [0.1, 0.15) is 0 Å². The standard InChI is InChI=1S/C67H51N3/c1-66(2)54-23-11-15-27-59(54)69(60-28-16-12-24-55(60)66)63-42-51(49-37-33-47(34-38-49)45-21-9-6-10-22-45)41-58-53(63)40-52-39-50(48-35-31-46(32-36-48)44-19-7-5-8-20-44)43-64(65(52)68-58)70-61-29-17-13-25-56(61)67(3,4)57-26-14-18-30-62(57)70/h5-43H,1-4H3. The van der Waals surface area contributed by atoms with E-state index in [1.54, 1.807) is 0 Å². The average molecular weight is 898 g/mol. The zero-order valence-corrected chi connectivity index (χ0v) is 39.9. The molecule has 10 aromatic carbocycles. The summed E-state index contributed by atoms with van der Waals surface area (Å²) in [6, 6.07) is 86.9. The molecule has 0 amide bonds. The highest BCUT2D eigenvalue weighted by Crippen LogP contribution is 2.56. The number of para-hydroxylation sites is 4. The quantitative estimate of drug-likeness (QED) is 0.155. The van der Waals surface area contributed by atoms with Gasteiger partial charge in [-0.3, -0.25) is 0 Å². The molecule has 0 N–H and O–H groups in total. The Labute approximate surface area is 410 Å². The molecular formula is C67H51N3. The molecular weight excluding hydrogens is 847 g/mol. The minimum absolute atomic E-state index is 0.204. The summed E-state index contributed by atoms with van der Waals surface area (Å²) in [5.74, 6) is 0. The minimum Gasteiger partial charge on any atom is -0.309 e. The van der Waals surface area contributed by atoms with Crippen molar-refractivity contribution in [1.29, 1.82) is 0 Å². The van der Waals surface area contributed by atoms with Crippen molar-refractivity contribution in [3.8, 4) is 44.5 Å². The average Bonchev–Trinajstić information content (AvgIpc) is 3.41. The Morgan fingerprint density at radius 2 is 0.614 bits per heavy atom. The lowest BCUT2D eigenvalue weighted by molar-refractivity contribution is 0.632. The van der Waals surface area contributed by atoms with Crippen molar-refractivity contribution in [2.75, 3.05) is 9.80 Å². The van der Waals surface area contributed by atoms with E-state index in [0.717, 1.165) is 55.4 Å². The van der Waals surface area contributed by atoms with Crippen molar-refractivity contribution in [2.24, 2.45) is 0 Å². The zero-order valence-electron chi connectivity index (χ0n) is 39.9. The Bertz CT molecular complexity index is 3460. The van der Waals surface area contributed by atoms with Crippen LogP contribution < -0.4 is 9.80 Å². The molecule has 70 heavy (non-hydrogen) atoms. The Balaban J connectivity index is 1.10. The van der Waals surface area contributed by atoms with Crippen molar-refractivity contribution in [1.82, 2.24) is 4.98 Å². The second-order valence-electron chi connectivity index (χ2n) is 20.0. The van der Waals surface area contributed by atoms with Gasteiger partial charge in [0, 0.05) is 21.6 Å². The van der Waals surface area contributed by atoms with E-state index >= 15 is 0 Å². The Morgan fingerprint density at radius 3 is 1.04 bits per heavy atom. The molecule has 0 atom stereocenters. The number of hydrogen-bond acceptors (Lipinski definition) is 3. The fourth-order valence-electron chi connectivity index (χ4n) is 11.5. The van der Waals surface area contributed by atoms with Gasteiger partial charge in [-0.15, -0.1) is 0 Å². The van der Waals surface area contributed by atoms with Gasteiger partial charge in [-0.2, -0.15) is 0 Å². The highest BCUT2D eigenvalue weighted by Gasteiger charge is 2.39. The lowest BCUT2D eigenvalue weighted by atomic mass is 9.73. The summed E-state index contributed by atoms with van der Waals surface area (Å²) in [7, 11) is 0. The molecule has 11 aromatic rings. The van der Waals surface area contributed by atoms with Gasteiger partial charge in [0.25, 0.3) is 0 Å². The summed E-state index contributed by atoms with van der Waals surface area (Å²) >= 11 is 0. The van der Waals surface area contributed by atoms with Crippen molar-refractivity contribution < 1.29 is 0 Å². The molecule has 2 aliphatic rings. The van der Waals surface area contributed by atoms with Crippen LogP contribution >= 0.6 is 0 Å². The lowest BCUT2D eigenvalue weighted by Crippen LogP contribution is -2.30. The molecule has 0 saturated carbocycles. The van der Waals surface area contributed by atoms with E-state index in [0.29, 0.717) is 0 Å². The first-order valence-electron chi connectivity index (χ1n) is 24.4. The number of hydrogen-bond donors (Lipinski definition) is 0. The molecule has 2 aliphatic heterocycles. The predicted molar refractivity (Wildman–Crippen MR) is 295 cm³/mol. The van der Waals surface area contributed by atoms with Crippen molar-refractivity contribution in [3.63, 3.8) is 0 Å². The first kappa shape index (κ1) is 41.6. The summed E-state index contributed by atoms with van der Waals surface area (Å²) in [5.41, 5.74) is 22.8. The summed E-state index contributed by atoms with van der Waals surface area (Å²) in [4.78, 5) is 10.9. The summed E-state index contributed by atoms with van der Waals surface area (Å²) in [6.45, 7) is 9.41. The maximum atomic E-state index is 5.90. The van der Waals surface area contributed by atoms with Crippen molar-refractivity contribution in [3.05, 3.63) is 259 Å². The molecule has 0 aliphatic carbocycles. The number of nitrogens with zero attached hydrogens (tertiary/aromatic N) is 3. The van der Waals surface area contributed by atoms with Crippen molar-refractivity contribution in [2.45, 2.75) is 38.5 Å². The van der Waals surface area contributed by atoms with E-state index in [2.05, 4.69) is 274 Å². The van der Waals surface area contributed by atoms with Crippen molar-refractivity contribution >= 4 is 55.9 Å². The van der Waals surface area contributed by atoms with Gasteiger partial charge in [-0.05, 0) is 121 Å². The summed E-state index contributed by atoms with van der Waals surface area (Å²) < 4.78 is 0. The van der Waals surface area contributed by atoms with E-state index < -0.39 is 0 Å². The molecule has 0 radical (unpaired) electrons. The molecule has 3 heterocycles. The molecule has 334 valence electrons. The van der Waals surface area contributed by atoms with Crippen LogP contribution in [0.5, 0.6) is 0 Å². The Kier molecular flexibility index (Phi) is 9.54. The van der Waals surface area contributed by atoms with Crippen LogP contribution in [0.1, 0.15) is 49.9 Å². The van der Waals surface area contributed by atoms with Crippen LogP contribution in [-0.4, -0.2) is 4.98 Å². The molecule has 1 aromatic heterocycles. The van der Waals surface area contributed by atoms with Crippen LogP contribution in [0.3, 0.4) is 0 Å². The van der Waals surface area contributed by atoms with E-state index in [4.69, 9.17) is 4.98 Å². The molecule has 0 spiro atoms. The van der Waals surface area contributed by atoms with Crippen LogP contribution in [-0.2, 0) is 10.8 Å². The van der Waals surface area contributed by atoms with Crippen LogP contribution in [0.15, 0.2) is 237 Å². The number of benzene rings is 10. The van der Waals surface area contributed by atoms with Crippen LogP contribution in [0.2, 0.25) is 0 Å². The predicted octanol–water partition coefficient (Wildman–Crippen LogP) is 18.3. The van der Waals surface area contributed by atoms with E-state index in [1.165, 1.54) is 67.3 Å². The molecule has 0 fully saturated rings.